The summed E-state index contributed by atoms with van der Waals surface area (Å²) in [6.07, 6.45) is 5.12. The van der Waals surface area contributed by atoms with E-state index in [4.69, 9.17) is 4.74 Å². The molecule has 25 heavy (non-hydrogen) atoms. The van der Waals surface area contributed by atoms with Crippen molar-refractivity contribution in [2.75, 3.05) is 13.2 Å². The molecule has 1 amide bonds. The van der Waals surface area contributed by atoms with E-state index in [1.54, 1.807) is 23.0 Å². The molecule has 2 atom stereocenters. The standard InChI is InChI=1S/C18H21N3O4/c22-17(20-16(18(23)24)15-3-1-10-25-12-15)14-6-4-13(5-7-14)11-21-9-2-8-19-21/h2,4-9,15-16H,1,3,10-12H2,(H,20,22)(H,23,24)/t15-,16+/m1/s1. The van der Waals surface area contributed by atoms with E-state index in [0.29, 0.717) is 25.3 Å². The summed E-state index contributed by atoms with van der Waals surface area (Å²) in [7, 11) is 0. The Kier molecular flexibility index (Phi) is 5.45. The number of benzene rings is 1. The number of carboxylic acids is 1. The highest BCUT2D eigenvalue weighted by molar-refractivity contribution is 5.96. The molecule has 0 saturated carbocycles. The number of nitrogens with zero attached hydrogens (tertiary/aromatic N) is 2. The molecule has 2 aromatic rings. The lowest BCUT2D eigenvalue weighted by atomic mass is 9.93. The number of rotatable bonds is 6. The molecule has 1 aromatic carbocycles. The minimum Gasteiger partial charge on any atom is -0.480 e. The van der Waals surface area contributed by atoms with Gasteiger partial charge in [-0.15, -0.1) is 0 Å². The van der Waals surface area contributed by atoms with Crippen molar-refractivity contribution in [1.29, 1.82) is 0 Å². The largest absolute Gasteiger partial charge is 0.480 e. The van der Waals surface area contributed by atoms with Gasteiger partial charge in [0.05, 0.1) is 13.2 Å². The van der Waals surface area contributed by atoms with Crippen molar-refractivity contribution in [2.24, 2.45) is 5.92 Å². The average Bonchev–Trinajstić information content (AvgIpc) is 3.13. The minimum absolute atomic E-state index is 0.200. The van der Waals surface area contributed by atoms with Gasteiger partial charge >= 0.3 is 5.97 Å². The minimum atomic E-state index is -1.03. The van der Waals surface area contributed by atoms with E-state index in [1.165, 1.54) is 0 Å². The Labute approximate surface area is 145 Å². The van der Waals surface area contributed by atoms with Gasteiger partial charge in [-0.05, 0) is 36.6 Å². The Bertz CT molecular complexity index is 706. The first-order valence-electron chi connectivity index (χ1n) is 8.31. The van der Waals surface area contributed by atoms with E-state index in [9.17, 15) is 14.7 Å². The number of hydrogen-bond acceptors (Lipinski definition) is 4. The number of amides is 1. The molecule has 1 aliphatic rings. The SMILES string of the molecule is O=C(N[C@H](C(=O)O)[C@@H]1CCCOC1)c1ccc(Cn2cccn2)cc1. The molecule has 0 radical (unpaired) electrons. The smallest absolute Gasteiger partial charge is 0.326 e. The molecule has 0 spiro atoms. The van der Waals surface area contributed by atoms with Crippen LogP contribution in [0.1, 0.15) is 28.8 Å². The van der Waals surface area contributed by atoms with Crippen molar-refractivity contribution in [2.45, 2.75) is 25.4 Å². The number of nitrogens with one attached hydrogen (secondary N) is 1. The molecule has 0 bridgehead atoms. The number of carboxylic acid groups (broad SMARTS) is 1. The zero-order valence-corrected chi connectivity index (χ0v) is 13.8. The summed E-state index contributed by atoms with van der Waals surface area (Å²) in [4.78, 5) is 23.9. The molecule has 2 N–H and O–H groups in total. The van der Waals surface area contributed by atoms with Gasteiger partial charge in [-0.2, -0.15) is 5.10 Å². The van der Waals surface area contributed by atoms with Gasteiger partial charge in [0, 0.05) is 30.5 Å². The third kappa shape index (κ3) is 4.45. The predicted octanol–water partition coefficient (Wildman–Crippen LogP) is 1.54. The maximum absolute atomic E-state index is 12.4. The molecule has 1 fully saturated rings. The fraction of sp³-hybridized carbons (Fsp3) is 0.389. The molecule has 3 rings (SSSR count). The van der Waals surface area contributed by atoms with Gasteiger partial charge in [0.15, 0.2) is 0 Å². The second kappa shape index (κ2) is 7.94. The fourth-order valence-electron chi connectivity index (χ4n) is 2.98. The Morgan fingerprint density at radius 3 is 2.76 bits per heavy atom. The number of hydrogen-bond donors (Lipinski definition) is 2. The van der Waals surface area contributed by atoms with Gasteiger partial charge in [-0.25, -0.2) is 4.79 Å². The lowest BCUT2D eigenvalue weighted by molar-refractivity contribution is -0.142. The number of aromatic nitrogens is 2. The molecule has 7 heteroatoms. The highest BCUT2D eigenvalue weighted by atomic mass is 16.5. The Morgan fingerprint density at radius 1 is 1.36 bits per heavy atom. The van der Waals surface area contributed by atoms with E-state index in [2.05, 4.69) is 10.4 Å². The van der Waals surface area contributed by atoms with Crippen LogP contribution in [0.2, 0.25) is 0 Å². The van der Waals surface area contributed by atoms with E-state index in [-0.39, 0.29) is 11.8 Å². The van der Waals surface area contributed by atoms with E-state index in [0.717, 1.165) is 18.4 Å². The van der Waals surface area contributed by atoms with Gasteiger partial charge < -0.3 is 15.2 Å². The highest BCUT2D eigenvalue weighted by Crippen LogP contribution is 2.18. The van der Waals surface area contributed by atoms with Gasteiger partial charge in [-0.1, -0.05) is 12.1 Å². The van der Waals surface area contributed by atoms with E-state index < -0.39 is 12.0 Å². The second-order valence-corrected chi connectivity index (χ2v) is 6.17. The first-order valence-corrected chi connectivity index (χ1v) is 8.31. The van der Waals surface area contributed by atoms with Gasteiger partial charge in [-0.3, -0.25) is 9.48 Å². The van der Waals surface area contributed by atoms with Crippen LogP contribution < -0.4 is 5.32 Å². The van der Waals surface area contributed by atoms with Crippen LogP contribution in [0, 0.1) is 5.92 Å². The summed E-state index contributed by atoms with van der Waals surface area (Å²) in [6, 6.07) is 8.00. The zero-order chi connectivity index (χ0) is 17.6. The topological polar surface area (TPSA) is 93.5 Å². The molecular weight excluding hydrogens is 322 g/mol. The lowest BCUT2D eigenvalue weighted by Gasteiger charge is -2.28. The number of aliphatic carboxylic acids is 1. The summed E-state index contributed by atoms with van der Waals surface area (Å²) in [5.41, 5.74) is 1.45. The quantitative estimate of drug-likeness (QED) is 0.830. The highest BCUT2D eigenvalue weighted by Gasteiger charge is 2.31. The fourth-order valence-corrected chi connectivity index (χ4v) is 2.98. The normalized spacial score (nSPS) is 18.5. The summed E-state index contributed by atoms with van der Waals surface area (Å²) in [5.74, 6) is -1.61. The third-order valence-electron chi connectivity index (χ3n) is 4.34. The molecule has 7 nitrogen and oxygen atoms in total. The molecule has 0 unspecified atom stereocenters. The zero-order valence-electron chi connectivity index (χ0n) is 13.8. The van der Waals surface area contributed by atoms with Crippen LogP contribution in [-0.4, -0.2) is 46.0 Å². The van der Waals surface area contributed by atoms with Crippen molar-refractivity contribution < 1.29 is 19.4 Å². The van der Waals surface area contributed by atoms with Crippen LogP contribution in [0.4, 0.5) is 0 Å². The van der Waals surface area contributed by atoms with Crippen LogP contribution in [0.15, 0.2) is 42.7 Å². The Hall–Kier alpha value is -2.67. The number of carbonyl (C=O) groups excluding carboxylic acids is 1. The number of carbonyl (C=O) groups is 2. The maximum Gasteiger partial charge on any atom is 0.326 e. The molecule has 1 saturated heterocycles. The monoisotopic (exact) mass is 343 g/mol. The lowest BCUT2D eigenvalue weighted by Crippen LogP contribution is -2.48. The van der Waals surface area contributed by atoms with E-state index >= 15 is 0 Å². The van der Waals surface area contributed by atoms with Crippen LogP contribution in [-0.2, 0) is 16.1 Å². The molecule has 1 aliphatic heterocycles. The molecule has 132 valence electrons. The van der Waals surface area contributed by atoms with Gasteiger partial charge in [0.25, 0.3) is 5.91 Å². The Morgan fingerprint density at radius 2 is 2.16 bits per heavy atom. The second-order valence-electron chi connectivity index (χ2n) is 6.17. The van der Waals surface area contributed by atoms with Crippen molar-refractivity contribution in [3.05, 3.63) is 53.9 Å². The maximum atomic E-state index is 12.4. The number of ether oxygens (including phenoxy) is 1. The third-order valence-corrected chi connectivity index (χ3v) is 4.34. The molecule has 2 heterocycles. The molecule has 1 aromatic heterocycles. The first kappa shape index (κ1) is 17.2. The van der Waals surface area contributed by atoms with Gasteiger partial charge in [0.1, 0.15) is 6.04 Å². The average molecular weight is 343 g/mol. The van der Waals surface area contributed by atoms with Crippen LogP contribution in [0.25, 0.3) is 0 Å². The van der Waals surface area contributed by atoms with Crippen LogP contribution >= 0.6 is 0 Å². The van der Waals surface area contributed by atoms with Crippen LogP contribution in [0.5, 0.6) is 0 Å². The Balaban J connectivity index is 1.63. The summed E-state index contributed by atoms with van der Waals surface area (Å²) in [5, 5.41) is 16.2. The van der Waals surface area contributed by atoms with Crippen molar-refractivity contribution in [3.63, 3.8) is 0 Å². The summed E-state index contributed by atoms with van der Waals surface area (Å²) < 4.78 is 7.13. The predicted molar refractivity (Wildman–Crippen MR) is 90.2 cm³/mol. The van der Waals surface area contributed by atoms with Crippen molar-refractivity contribution >= 4 is 11.9 Å². The van der Waals surface area contributed by atoms with Crippen LogP contribution in [0.3, 0.4) is 0 Å². The summed E-state index contributed by atoms with van der Waals surface area (Å²) in [6.45, 7) is 1.63. The van der Waals surface area contributed by atoms with Crippen molar-refractivity contribution in [3.8, 4) is 0 Å². The molecular formula is C18H21N3O4. The first-order chi connectivity index (χ1) is 12.1. The summed E-state index contributed by atoms with van der Waals surface area (Å²) >= 11 is 0. The van der Waals surface area contributed by atoms with Gasteiger partial charge in [0.2, 0.25) is 0 Å². The molecule has 0 aliphatic carbocycles. The van der Waals surface area contributed by atoms with Crippen molar-refractivity contribution in [1.82, 2.24) is 15.1 Å². The van der Waals surface area contributed by atoms with E-state index in [1.807, 2.05) is 24.4 Å².